The number of nitrogens with two attached hydrogens (primary N) is 1. The standard InChI is InChI=1S/C11H16FN3/c1-8(2)7-15(3)11-9(5-13)4-10(12)6-14-11/h4,6H,1,5,7,13H2,2-3H3. The minimum atomic E-state index is -0.358. The van der Waals surface area contributed by atoms with Crippen LogP contribution in [0.3, 0.4) is 0 Å². The molecule has 2 N–H and O–H groups in total. The predicted octanol–water partition coefficient (Wildman–Crippen LogP) is 1.69. The van der Waals surface area contributed by atoms with E-state index in [-0.39, 0.29) is 12.4 Å². The van der Waals surface area contributed by atoms with Gasteiger partial charge in [-0.1, -0.05) is 12.2 Å². The van der Waals surface area contributed by atoms with Gasteiger partial charge in [0.15, 0.2) is 0 Å². The first-order valence-corrected chi connectivity index (χ1v) is 4.74. The van der Waals surface area contributed by atoms with E-state index in [1.54, 1.807) is 0 Å². The monoisotopic (exact) mass is 209 g/mol. The second kappa shape index (κ2) is 4.89. The highest BCUT2D eigenvalue weighted by Crippen LogP contribution is 2.17. The number of aromatic nitrogens is 1. The Morgan fingerprint density at radius 3 is 2.87 bits per heavy atom. The summed E-state index contributed by atoms with van der Waals surface area (Å²) >= 11 is 0. The Morgan fingerprint density at radius 2 is 2.33 bits per heavy atom. The van der Waals surface area contributed by atoms with E-state index in [1.807, 2.05) is 18.9 Å². The van der Waals surface area contributed by atoms with Gasteiger partial charge in [-0.15, -0.1) is 0 Å². The highest BCUT2D eigenvalue weighted by atomic mass is 19.1. The molecule has 0 saturated heterocycles. The van der Waals surface area contributed by atoms with Crippen molar-refractivity contribution >= 4 is 5.82 Å². The van der Waals surface area contributed by atoms with Crippen molar-refractivity contribution in [1.82, 2.24) is 4.98 Å². The Kier molecular flexibility index (Phi) is 3.80. The lowest BCUT2D eigenvalue weighted by Gasteiger charge is -2.20. The van der Waals surface area contributed by atoms with Gasteiger partial charge in [0.05, 0.1) is 6.20 Å². The van der Waals surface area contributed by atoms with Crippen LogP contribution in [0.25, 0.3) is 0 Å². The van der Waals surface area contributed by atoms with Gasteiger partial charge in [-0.25, -0.2) is 9.37 Å². The van der Waals surface area contributed by atoms with Crippen molar-refractivity contribution < 1.29 is 4.39 Å². The summed E-state index contributed by atoms with van der Waals surface area (Å²) in [6.07, 6.45) is 1.20. The molecule has 15 heavy (non-hydrogen) atoms. The van der Waals surface area contributed by atoms with Crippen molar-refractivity contribution in [3.63, 3.8) is 0 Å². The van der Waals surface area contributed by atoms with Crippen molar-refractivity contribution in [1.29, 1.82) is 0 Å². The molecule has 0 spiro atoms. The maximum atomic E-state index is 12.9. The van der Waals surface area contributed by atoms with Crippen LogP contribution < -0.4 is 10.6 Å². The lowest BCUT2D eigenvalue weighted by molar-refractivity contribution is 0.618. The fourth-order valence-electron chi connectivity index (χ4n) is 1.45. The fourth-order valence-corrected chi connectivity index (χ4v) is 1.45. The zero-order valence-corrected chi connectivity index (χ0v) is 9.13. The first-order chi connectivity index (χ1) is 7.04. The van der Waals surface area contributed by atoms with Crippen LogP contribution in [0.15, 0.2) is 24.4 Å². The molecule has 0 atom stereocenters. The van der Waals surface area contributed by atoms with Gasteiger partial charge in [0.25, 0.3) is 0 Å². The number of hydrogen-bond acceptors (Lipinski definition) is 3. The Balaban J connectivity index is 2.97. The number of likely N-dealkylation sites (N-methyl/N-ethyl adjacent to an activating group) is 1. The topological polar surface area (TPSA) is 42.2 Å². The molecule has 4 heteroatoms. The van der Waals surface area contributed by atoms with E-state index in [0.29, 0.717) is 17.9 Å². The highest BCUT2D eigenvalue weighted by Gasteiger charge is 2.09. The molecule has 1 aromatic heterocycles. The van der Waals surface area contributed by atoms with Crippen LogP contribution in [-0.2, 0) is 6.54 Å². The zero-order valence-electron chi connectivity index (χ0n) is 9.13. The summed E-state index contributed by atoms with van der Waals surface area (Å²) in [5, 5.41) is 0. The van der Waals surface area contributed by atoms with E-state index in [0.717, 1.165) is 5.57 Å². The molecule has 0 unspecified atom stereocenters. The van der Waals surface area contributed by atoms with Crippen molar-refractivity contribution in [3.05, 3.63) is 35.8 Å². The molecule has 0 amide bonds. The maximum absolute atomic E-state index is 12.9. The summed E-state index contributed by atoms with van der Waals surface area (Å²) in [6, 6.07) is 1.41. The third-order valence-corrected chi connectivity index (χ3v) is 2.00. The number of anilines is 1. The van der Waals surface area contributed by atoms with Crippen molar-refractivity contribution in [2.75, 3.05) is 18.5 Å². The summed E-state index contributed by atoms with van der Waals surface area (Å²) in [5.41, 5.74) is 7.26. The molecule has 0 radical (unpaired) electrons. The molecule has 0 fully saturated rings. The normalized spacial score (nSPS) is 10.1. The van der Waals surface area contributed by atoms with Gasteiger partial charge >= 0.3 is 0 Å². The number of nitrogens with zero attached hydrogens (tertiary/aromatic N) is 2. The molecule has 3 nitrogen and oxygen atoms in total. The quantitative estimate of drug-likeness (QED) is 0.767. The Morgan fingerprint density at radius 1 is 1.67 bits per heavy atom. The largest absolute Gasteiger partial charge is 0.355 e. The SMILES string of the molecule is C=C(C)CN(C)c1ncc(F)cc1CN. The van der Waals surface area contributed by atoms with Gasteiger partial charge < -0.3 is 10.6 Å². The van der Waals surface area contributed by atoms with E-state index in [4.69, 9.17) is 5.73 Å². The average molecular weight is 209 g/mol. The molecule has 0 aliphatic rings. The first-order valence-electron chi connectivity index (χ1n) is 4.74. The first kappa shape index (κ1) is 11.7. The van der Waals surface area contributed by atoms with E-state index in [1.165, 1.54) is 12.3 Å². The molecule has 1 rings (SSSR count). The summed E-state index contributed by atoms with van der Waals surface area (Å²) in [4.78, 5) is 5.94. The van der Waals surface area contributed by atoms with E-state index >= 15 is 0 Å². The van der Waals surface area contributed by atoms with Gasteiger partial charge in [0, 0.05) is 25.7 Å². The molecular formula is C11H16FN3. The third-order valence-electron chi connectivity index (χ3n) is 2.00. The third kappa shape index (κ3) is 3.02. The van der Waals surface area contributed by atoms with Crippen LogP contribution in [0.4, 0.5) is 10.2 Å². The number of halogens is 1. The predicted molar refractivity (Wildman–Crippen MR) is 60.2 cm³/mol. The second-order valence-electron chi connectivity index (χ2n) is 3.65. The van der Waals surface area contributed by atoms with Crippen LogP contribution >= 0.6 is 0 Å². The van der Waals surface area contributed by atoms with Crippen LogP contribution in [0.1, 0.15) is 12.5 Å². The maximum Gasteiger partial charge on any atom is 0.141 e. The molecule has 0 aliphatic heterocycles. The van der Waals surface area contributed by atoms with Crippen LogP contribution in [0.5, 0.6) is 0 Å². The average Bonchev–Trinajstić information content (AvgIpc) is 2.16. The van der Waals surface area contributed by atoms with Crippen molar-refractivity contribution in [3.8, 4) is 0 Å². The summed E-state index contributed by atoms with van der Waals surface area (Å²) in [7, 11) is 1.88. The minimum absolute atomic E-state index is 0.278. The molecule has 82 valence electrons. The molecule has 1 heterocycles. The van der Waals surface area contributed by atoms with Gasteiger partial charge in [-0.3, -0.25) is 0 Å². The second-order valence-corrected chi connectivity index (χ2v) is 3.65. The number of rotatable bonds is 4. The van der Waals surface area contributed by atoms with Gasteiger partial charge in [0.1, 0.15) is 11.6 Å². The highest BCUT2D eigenvalue weighted by molar-refractivity contribution is 5.47. The van der Waals surface area contributed by atoms with Crippen molar-refractivity contribution in [2.45, 2.75) is 13.5 Å². The number of hydrogen-bond donors (Lipinski definition) is 1. The summed E-state index contributed by atoms with van der Waals surface area (Å²) < 4.78 is 12.9. The molecule has 0 bridgehead atoms. The smallest absolute Gasteiger partial charge is 0.141 e. The van der Waals surface area contributed by atoms with Crippen LogP contribution in [0, 0.1) is 5.82 Å². The lowest BCUT2D eigenvalue weighted by atomic mass is 10.2. The summed E-state index contributed by atoms with van der Waals surface area (Å²) in [5.74, 6) is 0.352. The number of pyridine rings is 1. The zero-order chi connectivity index (χ0) is 11.4. The molecule has 0 saturated carbocycles. The fraction of sp³-hybridized carbons (Fsp3) is 0.364. The lowest BCUT2D eigenvalue weighted by Crippen LogP contribution is -2.22. The Bertz CT molecular complexity index is 363. The molecule has 1 aromatic rings. The van der Waals surface area contributed by atoms with Crippen molar-refractivity contribution in [2.24, 2.45) is 5.73 Å². The Labute approximate surface area is 89.4 Å². The van der Waals surface area contributed by atoms with Gasteiger partial charge in [-0.2, -0.15) is 0 Å². The molecular weight excluding hydrogens is 193 g/mol. The van der Waals surface area contributed by atoms with Gasteiger partial charge in [-0.05, 0) is 13.0 Å². The molecule has 0 aromatic carbocycles. The summed E-state index contributed by atoms with van der Waals surface area (Å²) in [6.45, 7) is 6.72. The van der Waals surface area contributed by atoms with Crippen LogP contribution in [0.2, 0.25) is 0 Å². The van der Waals surface area contributed by atoms with Gasteiger partial charge in [0.2, 0.25) is 0 Å². The molecule has 0 aliphatic carbocycles. The van der Waals surface area contributed by atoms with E-state index in [2.05, 4.69) is 11.6 Å². The van der Waals surface area contributed by atoms with E-state index < -0.39 is 0 Å². The van der Waals surface area contributed by atoms with Crippen LogP contribution in [-0.4, -0.2) is 18.6 Å². The van der Waals surface area contributed by atoms with E-state index in [9.17, 15) is 4.39 Å². The Hall–Kier alpha value is -1.42. The minimum Gasteiger partial charge on any atom is -0.355 e.